The molecule has 0 spiro atoms. The zero-order valence-corrected chi connectivity index (χ0v) is 14.2. The first kappa shape index (κ1) is 17.6. The number of ether oxygens (including phenoxy) is 2. The third-order valence-electron chi connectivity index (χ3n) is 3.39. The van der Waals surface area contributed by atoms with E-state index in [2.05, 4.69) is 32.7 Å². The summed E-state index contributed by atoms with van der Waals surface area (Å²) in [7, 11) is 3.43. The molecular formula is C18H24N4O2. The molecule has 128 valence electrons. The van der Waals surface area contributed by atoms with Gasteiger partial charge in [-0.1, -0.05) is 12.1 Å². The second-order valence-electron chi connectivity index (χ2n) is 5.06. The van der Waals surface area contributed by atoms with Crippen molar-refractivity contribution in [2.45, 2.75) is 6.42 Å². The maximum absolute atomic E-state index is 5.58. The van der Waals surface area contributed by atoms with Crippen LogP contribution in [0.3, 0.4) is 0 Å². The molecule has 1 heterocycles. The number of pyridine rings is 1. The van der Waals surface area contributed by atoms with E-state index in [1.54, 1.807) is 26.6 Å². The first-order valence-corrected chi connectivity index (χ1v) is 7.92. The third-order valence-corrected chi connectivity index (χ3v) is 3.39. The van der Waals surface area contributed by atoms with E-state index in [0.29, 0.717) is 13.2 Å². The van der Waals surface area contributed by atoms with Gasteiger partial charge in [0.05, 0.1) is 19.9 Å². The Hall–Kier alpha value is -2.76. The zero-order valence-electron chi connectivity index (χ0n) is 14.2. The molecule has 0 atom stereocenters. The van der Waals surface area contributed by atoms with E-state index in [9.17, 15) is 0 Å². The summed E-state index contributed by atoms with van der Waals surface area (Å²) in [5.41, 5.74) is 1.25. The summed E-state index contributed by atoms with van der Waals surface area (Å²) in [6, 6.07) is 11.8. The Labute approximate surface area is 142 Å². The van der Waals surface area contributed by atoms with Crippen molar-refractivity contribution in [3.8, 4) is 11.5 Å². The number of hydrogen-bond donors (Lipinski definition) is 2. The van der Waals surface area contributed by atoms with Gasteiger partial charge in [-0.05, 0) is 36.2 Å². The number of rotatable bonds is 8. The van der Waals surface area contributed by atoms with Gasteiger partial charge in [0.2, 0.25) is 0 Å². The molecule has 0 saturated heterocycles. The van der Waals surface area contributed by atoms with Crippen molar-refractivity contribution >= 4 is 5.96 Å². The molecule has 1 aromatic carbocycles. The van der Waals surface area contributed by atoms with Gasteiger partial charge in [0, 0.05) is 19.8 Å². The minimum Gasteiger partial charge on any atom is -0.497 e. The Morgan fingerprint density at radius 1 is 1.08 bits per heavy atom. The van der Waals surface area contributed by atoms with Crippen LogP contribution in [-0.2, 0) is 6.42 Å². The van der Waals surface area contributed by atoms with Crippen LogP contribution >= 0.6 is 0 Å². The van der Waals surface area contributed by atoms with Gasteiger partial charge in [-0.3, -0.25) is 9.98 Å². The lowest BCUT2D eigenvalue weighted by Gasteiger charge is -2.12. The lowest BCUT2D eigenvalue weighted by molar-refractivity contribution is 0.320. The predicted molar refractivity (Wildman–Crippen MR) is 95.8 cm³/mol. The Kier molecular flexibility index (Phi) is 7.40. The number of aliphatic imine (C=N–C) groups is 1. The summed E-state index contributed by atoms with van der Waals surface area (Å²) in [5, 5.41) is 6.50. The lowest BCUT2D eigenvalue weighted by Crippen LogP contribution is -2.40. The van der Waals surface area contributed by atoms with Crippen LogP contribution in [0.4, 0.5) is 0 Å². The Morgan fingerprint density at radius 2 is 1.88 bits per heavy atom. The summed E-state index contributed by atoms with van der Waals surface area (Å²) in [5.74, 6) is 2.40. The van der Waals surface area contributed by atoms with Gasteiger partial charge >= 0.3 is 0 Å². The number of nitrogens with one attached hydrogen (secondary N) is 2. The molecule has 0 amide bonds. The van der Waals surface area contributed by atoms with Crippen molar-refractivity contribution in [2.24, 2.45) is 4.99 Å². The minimum atomic E-state index is 0.547. The standard InChI is InChI=1S/C18H24N4O2/c1-19-18(22-12-13-24-17-4-3-10-20-14-17)21-11-9-15-5-7-16(23-2)8-6-15/h3-8,10,14H,9,11-13H2,1-2H3,(H2,19,21,22). The molecule has 0 bridgehead atoms. The van der Waals surface area contributed by atoms with Gasteiger partial charge in [0.25, 0.3) is 0 Å². The second kappa shape index (κ2) is 10.1. The number of nitrogens with zero attached hydrogens (tertiary/aromatic N) is 2. The highest BCUT2D eigenvalue weighted by atomic mass is 16.5. The minimum absolute atomic E-state index is 0.547. The van der Waals surface area contributed by atoms with Crippen molar-refractivity contribution in [1.82, 2.24) is 15.6 Å². The van der Waals surface area contributed by atoms with Crippen LogP contribution in [0.2, 0.25) is 0 Å². The second-order valence-corrected chi connectivity index (χ2v) is 5.06. The van der Waals surface area contributed by atoms with Gasteiger partial charge in [-0.2, -0.15) is 0 Å². The topological polar surface area (TPSA) is 67.8 Å². The fourth-order valence-electron chi connectivity index (χ4n) is 2.11. The Morgan fingerprint density at radius 3 is 2.54 bits per heavy atom. The molecule has 6 heteroatoms. The van der Waals surface area contributed by atoms with E-state index in [0.717, 1.165) is 30.4 Å². The van der Waals surface area contributed by atoms with Crippen molar-refractivity contribution in [3.63, 3.8) is 0 Å². The highest BCUT2D eigenvalue weighted by molar-refractivity contribution is 5.79. The fraction of sp³-hybridized carbons (Fsp3) is 0.333. The summed E-state index contributed by atoms with van der Waals surface area (Å²) in [4.78, 5) is 8.20. The average Bonchev–Trinajstić information content (AvgIpc) is 2.65. The molecule has 0 aliphatic rings. The average molecular weight is 328 g/mol. The summed E-state index contributed by atoms with van der Waals surface area (Å²) < 4.78 is 10.7. The molecule has 2 aromatic rings. The van der Waals surface area contributed by atoms with Crippen LogP contribution < -0.4 is 20.1 Å². The quantitative estimate of drug-likeness (QED) is 0.440. The monoisotopic (exact) mass is 328 g/mol. The smallest absolute Gasteiger partial charge is 0.191 e. The number of benzene rings is 1. The highest BCUT2D eigenvalue weighted by Crippen LogP contribution is 2.11. The van der Waals surface area contributed by atoms with E-state index >= 15 is 0 Å². The van der Waals surface area contributed by atoms with Crippen molar-refractivity contribution in [1.29, 1.82) is 0 Å². The predicted octanol–water partition coefficient (Wildman–Crippen LogP) is 1.88. The van der Waals surface area contributed by atoms with Crippen LogP contribution in [0.5, 0.6) is 11.5 Å². The van der Waals surface area contributed by atoms with E-state index in [1.165, 1.54) is 5.56 Å². The molecule has 0 fully saturated rings. The molecule has 0 saturated carbocycles. The molecule has 6 nitrogen and oxygen atoms in total. The van der Waals surface area contributed by atoms with E-state index in [-0.39, 0.29) is 0 Å². The summed E-state index contributed by atoms with van der Waals surface area (Å²) >= 11 is 0. The summed E-state index contributed by atoms with van der Waals surface area (Å²) in [6.07, 6.45) is 4.33. The van der Waals surface area contributed by atoms with Gasteiger partial charge in [0.1, 0.15) is 18.1 Å². The SMILES string of the molecule is CN=C(NCCOc1cccnc1)NCCc1ccc(OC)cc1. The molecule has 0 unspecified atom stereocenters. The van der Waals surface area contributed by atoms with Crippen molar-refractivity contribution < 1.29 is 9.47 Å². The Bertz CT molecular complexity index is 615. The molecule has 24 heavy (non-hydrogen) atoms. The normalized spacial score (nSPS) is 11.0. The van der Waals surface area contributed by atoms with Crippen LogP contribution in [0.25, 0.3) is 0 Å². The molecule has 0 aliphatic carbocycles. The molecule has 1 aromatic heterocycles. The van der Waals surface area contributed by atoms with Gasteiger partial charge in [0.15, 0.2) is 5.96 Å². The van der Waals surface area contributed by atoms with Crippen LogP contribution in [0.15, 0.2) is 53.8 Å². The van der Waals surface area contributed by atoms with Gasteiger partial charge in [-0.15, -0.1) is 0 Å². The number of guanidine groups is 1. The lowest BCUT2D eigenvalue weighted by atomic mass is 10.1. The number of hydrogen-bond acceptors (Lipinski definition) is 4. The molecular weight excluding hydrogens is 304 g/mol. The third kappa shape index (κ3) is 6.16. The molecule has 0 aliphatic heterocycles. The fourth-order valence-corrected chi connectivity index (χ4v) is 2.11. The van der Waals surface area contributed by atoms with E-state index in [4.69, 9.17) is 9.47 Å². The van der Waals surface area contributed by atoms with E-state index < -0.39 is 0 Å². The largest absolute Gasteiger partial charge is 0.497 e. The first-order chi connectivity index (χ1) is 11.8. The van der Waals surface area contributed by atoms with Gasteiger partial charge < -0.3 is 20.1 Å². The Balaban J connectivity index is 1.63. The highest BCUT2D eigenvalue weighted by Gasteiger charge is 1.99. The van der Waals surface area contributed by atoms with Crippen LogP contribution in [0, 0.1) is 0 Å². The maximum Gasteiger partial charge on any atom is 0.191 e. The van der Waals surface area contributed by atoms with Gasteiger partial charge in [-0.25, -0.2) is 0 Å². The molecule has 2 N–H and O–H groups in total. The van der Waals surface area contributed by atoms with Crippen molar-refractivity contribution in [3.05, 3.63) is 54.4 Å². The zero-order chi connectivity index (χ0) is 17.0. The molecule has 0 radical (unpaired) electrons. The van der Waals surface area contributed by atoms with Crippen LogP contribution in [-0.4, -0.2) is 44.8 Å². The number of methoxy groups -OCH3 is 1. The van der Waals surface area contributed by atoms with Crippen LogP contribution in [0.1, 0.15) is 5.56 Å². The number of aromatic nitrogens is 1. The maximum atomic E-state index is 5.58. The first-order valence-electron chi connectivity index (χ1n) is 7.92. The molecule has 2 rings (SSSR count). The summed E-state index contributed by atoms with van der Waals surface area (Å²) in [6.45, 7) is 2.01. The van der Waals surface area contributed by atoms with E-state index in [1.807, 2.05) is 24.3 Å². The van der Waals surface area contributed by atoms with Crippen molar-refractivity contribution in [2.75, 3.05) is 33.9 Å².